The molecule has 0 spiro atoms. The van der Waals surface area contributed by atoms with Crippen molar-refractivity contribution in [3.63, 3.8) is 0 Å². The topological polar surface area (TPSA) is 112 Å². The van der Waals surface area contributed by atoms with Crippen LogP contribution in [0.25, 0.3) is 0 Å². The molecule has 0 aliphatic rings. The fraction of sp³-hybridized carbons (Fsp3) is 0.625. The predicted molar refractivity (Wildman–Crippen MR) is 52.9 cm³/mol. The van der Waals surface area contributed by atoms with Gasteiger partial charge in [-0.3, -0.25) is 14.4 Å². The van der Waals surface area contributed by atoms with Gasteiger partial charge in [0.25, 0.3) is 0 Å². The third kappa shape index (κ3) is 5.26. The quantitative estimate of drug-likeness (QED) is 0.585. The first-order valence-electron chi connectivity index (χ1n) is 4.15. The summed E-state index contributed by atoms with van der Waals surface area (Å²) in [5.74, 6) is -4.43. The largest absolute Gasteiger partial charge is 0.481 e. The molecule has 86 valence electrons. The molecule has 0 aromatic heterocycles. The molecule has 15 heavy (non-hydrogen) atoms. The van der Waals surface area contributed by atoms with Gasteiger partial charge in [0, 0.05) is 5.75 Å². The molecule has 0 aliphatic carbocycles. The number of carbonyl (C=O) groups is 3. The van der Waals surface area contributed by atoms with Crippen LogP contribution in [0.1, 0.15) is 13.3 Å². The highest BCUT2D eigenvalue weighted by Gasteiger charge is 2.30. The van der Waals surface area contributed by atoms with E-state index in [1.54, 1.807) is 0 Å². The number of carboxylic acids is 3. The molecule has 0 saturated carbocycles. The molecule has 0 radical (unpaired) electrons. The highest BCUT2D eigenvalue weighted by atomic mass is 32.2. The highest BCUT2D eigenvalue weighted by Crippen LogP contribution is 2.21. The molecule has 0 amide bonds. The lowest BCUT2D eigenvalue weighted by Crippen LogP contribution is -2.30. The van der Waals surface area contributed by atoms with Crippen molar-refractivity contribution in [2.75, 3.05) is 5.75 Å². The van der Waals surface area contributed by atoms with Crippen LogP contribution in [-0.4, -0.2) is 44.2 Å². The number of hydrogen-bond acceptors (Lipinski definition) is 4. The minimum Gasteiger partial charge on any atom is -0.481 e. The van der Waals surface area contributed by atoms with Crippen LogP contribution in [0.4, 0.5) is 0 Å². The van der Waals surface area contributed by atoms with Crippen LogP contribution >= 0.6 is 11.8 Å². The molecule has 7 heteroatoms. The van der Waals surface area contributed by atoms with Crippen molar-refractivity contribution in [1.29, 1.82) is 0 Å². The molecule has 0 saturated heterocycles. The Kier molecular flexibility index (Phi) is 5.76. The molecule has 0 aromatic rings. The monoisotopic (exact) mass is 236 g/mol. The molecule has 0 heterocycles. The van der Waals surface area contributed by atoms with Crippen LogP contribution in [-0.2, 0) is 14.4 Å². The van der Waals surface area contributed by atoms with E-state index in [1.807, 2.05) is 0 Å². The van der Waals surface area contributed by atoms with Gasteiger partial charge >= 0.3 is 17.9 Å². The Morgan fingerprint density at radius 1 is 1.13 bits per heavy atom. The highest BCUT2D eigenvalue weighted by molar-refractivity contribution is 8.00. The SMILES string of the molecule is CC(C(=O)O)C(SCCC(=O)O)C(=O)O. The smallest absolute Gasteiger partial charge is 0.317 e. The summed E-state index contributed by atoms with van der Waals surface area (Å²) in [5, 5.41) is 24.6. The van der Waals surface area contributed by atoms with E-state index < -0.39 is 29.1 Å². The van der Waals surface area contributed by atoms with Crippen molar-refractivity contribution in [3.05, 3.63) is 0 Å². The summed E-state index contributed by atoms with van der Waals surface area (Å²) in [5.41, 5.74) is 0. The third-order valence-corrected chi connectivity index (χ3v) is 3.11. The van der Waals surface area contributed by atoms with Gasteiger partial charge in [0.2, 0.25) is 0 Å². The summed E-state index contributed by atoms with van der Waals surface area (Å²) in [6.45, 7) is 1.29. The second-order valence-electron chi connectivity index (χ2n) is 2.90. The van der Waals surface area contributed by atoms with Crippen molar-refractivity contribution >= 4 is 29.7 Å². The van der Waals surface area contributed by atoms with Crippen molar-refractivity contribution in [3.8, 4) is 0 Å². The summed E-state index contributed by atoms with van der Waals surface area (Å²) in [6.07, 6.45) is -0.180. The lowest BCUT2D eigenvalue weighted by molar-refractivity contribution is -0.146. The van der Waals surface area contributed by atoms with E-state index in [9.17, 15) is 14.4 Å². The van der Waals surface area contributed by atoms with Crippen LogP contribution in [0.15, 0.2) is 0 Å². The van der Waals surface area contributed by atoms with E-state index in [0.29, 0.717) is 0 Å². The van der Waals surface area contributed by atoms with Crippen LogP contribution < -0.4 is 0 Å². The molecule has 2 unspecified atom stereocenters. The first-order valence-corrected chi connectivity index (χ1v) is 5.20. The van der Waals surface area contributed by atoms with Crippen molar-refractivity contribution in [1.82, 2.24) is 0 Å². The first kappa shape index (κ1) is 13.8. The lowest BCUT2D eigenvalue weighted by Gasteiger charge is -2.15. The van der Waals surface area contributed by atoms with Crippen molar-refractivity contribution in [2.45, 2.75) is 18.6 Å². The van der Waals surface area contributed by atoms with Gasteiger partial charge in [-0.05, 0) is 0 Å². The van der Waals surface area contributed by atoms with Gasteiger partial charge in [-0.25, -0.2) is 0 Å². The Bertz CT molecular complexity index is 264. The number of carboxylic acid groups (broad SMARTS) is 3. The van der Waals surface area contributed by atoms with E-state index in [4.69, 9.17) is 15.3 Å². The third-order valence-electron chi connectivity index (χ3n) is 1.70. The first-order chi connectivity index (χ1) is 6.86. The Morgan fingerprint density at radius 3 is 2.00 bits per heavy atom. The van der Waals surface area contributed by atoms with Crippen LogP contribution in [0.3, 0.4) is 0 Å². The minimum absolute atomic E-state index is 0.0872. The molecule has 0 rings (SSSR count). The minimum atomic E-state index is -1.24. The van der Waals surface area contributed by atoms with Gasteiger partial charge in [0.05, 0.1) is 12.3 Å². The van der Waals surface area contributed by atoms with Gasteiger partial charge in [-0.1, -0.05) is 6.92 Å². The zero-order chi connectivity index (χ0) is 12.0. The fourth-order valence-corrected chi connectivity index (χ4v) is 1.93. The molecule has 3 N–H and O–H groups in total. The molecule has 6 nitrogen and oxygen atoms in total. The summed E-state index contributed by atoms with van der Waals surface area (Å²) >= 11 is 0.833. The van der Waals surface area contributed by atoms with E-state index in [0.717, 1.165) is 11.8 Å². The Balaban J connectivity index is 4.23. The maximum Gasteiger partial charge on any atom is 0.317 e. The normalized spacial score (nSPS) is 14.2. The maximum absolute atomic E-state index is 10.7. The molecular formula is C8H12O6S. The Morgan fingerprint density at radius 2 is 1.67 bits per heavy atom. The second-order valence-corrected chi connectivity index (χ2v) is 4.15. The van der Waals surface area contributed by atoms with E-state index in [-0.39, 0.29) is 12.2 Å². The zero-order valence-electron chi connectivity index (χ0n) is 8.04. The summed E-state index contributed by atoms with van der Waals surface area (Å²) in [4.78, 5) is 31.4. The summed E-state index contributed by atoms with van der Waals surface area (Å²) in [6, 6.07) is 0. The van der Waals surface area contributed by atoms with E-state index >= 15 is 0 Å². The van der Waals surface area contributed by atoms with E-state index in [1.165, 1.54) is 6.92 Å². The Labute approximate surface area is 90.3 Å². The average molecular weight is 236 g/mol. The van der Waals surface area contributed by atoms with E-state index in [2.05, 4.69) is 0 Å². The van der Waals surface area contributed by atoms with Crippen LogP contribution in [0.5, 0.6) is 0 Å². The second kappa shape index (κ2) is 6.28. The molecular weight excluding hydrogens is 224 g/mol. The van der Waals surface area contributed by atoms with Gasteiger partial charge in [-0.2, -0.15) is 0 Å². The number of thioether (sulfide) groups is 1. The standard InChI is InChI=1S/C8H12O6S/c1-4(7(11)12)6(8(13)14)15-3-2-5(9)10/h4,6H,2-3H2,1H3,(H,9,10)(H,11,12)(H,13,14). The number of hydrogen-bond donors (Lipinski definition) is 3. The Hall–Kier alpha value is -1.24. The van der Waals surface area contributed by atoms with Crippen molar-refractivity contribution in [2.24, 2.45) is 5.92 Å². The molecule has 0 aromatic carbocycles. The zero-order valence-corrected chi connectivity index (χ0v) is 8.86. The average Bonchev–Trinajstić information content (AvgIpc) is 2.10. The number of aliphatic carboxylic acids is 3. The van der Waals surface area contributed by atoms with Gasteiger partial charge in [0.1, 0.15) is 5.25 Å². The molecule has 0 fully saturated rings. The molecule has 0 bridgehead atoms. The molecule has 0 aliphatic heterocycles. The maximum atomic E-state index is 10.7. The predicted octanol–water partition coefficient (Wildman–Crippen LogP) is 0.368. The number of rotatable bonds is 7. The van der Waals surface area contributed by atoms with Gasteiger partial charge in [-0.15, -0.1) is 11.8 Å². The van der Waals surface area contributed by atoms with Crippen molar-refractivity contribution < 1.29 is 29.7 Å². The summed E-state index contributed by atoms with van der Waals surface area (Å²) < 4.78 is 0. The summed E-state index contributed by atoms with van der Waals surface area (Å²) in [7, 11) is 0. The fourth-order valence-electron chi connectivity index (χ4n) is 0.832. The van der Waals surface area contributed by atoms with Crippen LogP contribution in [0.2, 0.25) is 0 Å². The van der Waals surface area contributed by atoms with Gasteiger partial charge in [0.15, 0.2) is 0 Å². The lowest BCUT2D eigenvalue weighted by atomic mass is 10.1. The molecule has 2 atom stereocenters. The van der Waals surface area contributed by atoms with Crippen LogP contribution in [0, 0.1) is 5.92 Å². The van der Waals surface area contributed by atoms with Gasteiger partial charge < -0.3 is 15.3 Å².